The van der Waals surface area contributed by atoms with E-state index in [2.05, 4.69) is 33.7 Å². The summed E-state index contributed by atoms with van der Waals surface area (Å²) in [5.74, 6) is 0. The van der Waals surface area contributed by atoms with Gasteiger partial charge in [0.1, 0.15) is 0 Å². The van der Waals surface area contributed by atoms with Gasteiger partial charge in [-0.1, -0.05) is 0 Å². The maximum absolute atomic E-state index is 9.51. The maximum atomic E-state index is 9.51. The van der Waals surface area contributed by atoms with Crippen LogP contribution < -0.4 is 6.15 Å². The number of rotatable bonds is 0. The van der Waals surface area contributed by atoms with Crippen LogP contribution in [0.2, 0.25) is 0 Å². The molecule has 3 radical (unpaired) electrons. The second-order valence-corrected chi connectivity index (χ2v) is 7.04. The van der Waals surface area contributed by atoms with Crippen molar-refractivity contribution in [1.29, 1.82) is 0 Å². The molecule has 0 fully saturated rings. The van der Waals surface area contributed by atoms with E-state index < -0.39 is 5.20 Å². The van der Waals surface area contributed by atoms with Gasteiger partial charge in [-0.05, 0) is 33.7 Å². The van der Waals surface area contributed by atoms with Gasteiger partial charge in [-0.15, -0.1) is 0 Å². The van der Waals surface area contributed by atoms with Crippen LogP contribution in [0, 0.1) is 0 Å². The topological polar surface area (TPSA) is 47.6 Å². The highest BCUT2D eigenvalue weighted by Crippen LogP contribution is 2.61. The molecule has 0 aromatic rings. The van der Waals surface area contributed by atoms with Crippen molar-refractivity contribution in [2.45, 2.75) is 0 Å². The molecule has 6 heavy (non-hydrogen) atoms. The summed E-state index contributed by atoms with van der Waals surface area (Å²) in [6.45, 7) is 0. The fourth-order valence-corrected chi connectivity index (χ4v) is 0. The van der Waals surface area contributed by atoms with Gasteiger partial charge in [0.05, 0.1) is 0 Å². The van der Waals surface area contributed by atoms with Crippen molar-refractivity contribution >= 4 is 38.9 Å². The molecule has 2 nitrogen and oxygen atoms in total. The summed E-state index contributed by atoms with van der Waals surface area (Å²) in [7, 11) is 0. The minimum absolute atomic E-state index is 0. The standard InChI is InChI=1S/Cl3OP.N/c1-5(2,3)4;. The van der Waals surface area contributed by atoms with Crippen molar-refractivity contribution in [3.05, 3.63) is 0 Å². The van der Waals surface area contributed by atoms with Gasteiger partial charge < -0.3 is 0 Å². The van der Waals surface area contributed by atoms with E-state index in [-0.39, 0.29) is 6.15 Å². The van der Waals surface area contributed by atoms with Crippen LogP contribution in [0.3, 0.4) is 0 Å². The Hall–Kier alpha value is 1.06. The molecular weight excluding hydrogens is 167 g/mol. The Morgan fingerprint density at radius 2 is 1.17 bits per heavy atom. The zero-order valence-corrected chi connectivity index (χ0v) is 5.60. The normalized spacial score (nSPS) is 9.83. The van der Waals surface area contributed by atoms with E-state index in [4.69, 9.17) is 0 Å². The Morgan fingerprint density at radius 1 is 1.17 bits per heavy atom. The fraction of sp³-hybridized carbons (Fsp3) is 0. The molecule has 0 saturated carbocycles. The third kappa shape index (κ3) is 74.2. The van der Waals surface area contributed by atoms with Crippen LogP contribution in [0.1, 0.15) is 0 Å². The minimum Gasteiger partial charge on any atom is -0.271 e. The van der Waals surface area contributed by atoms with Crippen molar-refractivity contribution in [1.82, 2.24) is 6.15 Å². The summed E-state index contributed by atoms with van der Waals surface area (Å²) < 4.78 is 9.51. The van der Waals surface area contributed by atoms with Gasteiger partial charge in [0.2, 0.25) is 0 Å². The first kappa shape index (κ1) is 10.1. The molecule has 37 valence electrons. The average Bonchev–Trinajstić information content (AvgIpc) is 0.722. The van der Waals surface area contributed by atoms with Crippen LogP contribution in [0.4, 0.5) is 0 Å². The van der Waals surface area contributed by atoms with Crippen LogP contribution in [0.5, 0.6) is 0 Å². The molecule has 0 bridgehead atoms. The summed E-state index contributed by atoms with van der Waals surface area (Å²) in [5.41, 5.74) is 0. The molecule has 0 aliphatic rings. The molecule has 0 unspecified atom stereocenters. The van der Waals surface area contributed by atoms with Crippen molar-refractivity contribution in [3.8, 4) is 0 Å². The highest BCUT2D eigenvalue weighted by Gasteiger charge is 2.02. The molecule has 0 N–H and O–H groups in total. The average molecular weight is 167 g/mol. The third-order valence-electron chi connectivity index (χ3n) is 0. The van der Waals surface area contributed by atoms with Gasteiger partial charge in [0.25, 0.3) is 0 Å². The molecule has 0 spiro atoms. The minimum atomic E-state index is -3.22. The third-order valence-corrected chi connectivity index (χ3v) is 0. The van der Waals surface area contributed by atoms with E-state index in [0.29, 0.717) is 0 Å². The Bertz CT molecular complexity index is 56.9. The highest BCUT2D eigenvalue weighted by atomic mass is 36.0. The van der Waals surface area contributed by atoms with Crippen LogP contribution in [0.25, 0.3) is 0 Å². The van der Waals surface area contributed by atoms with E-state index in [1.807, 2.05) is 0 Å². The molecule has 0 amide bonds. The molecule has 0 saturated heterocycles. The monoisotopic (exact) mass is 166 g/mol. The van der Waals surface area contributed by atoms with Gasteiger partial charge in [-0.25, -0.2) is 0 Å². The lowest BCUT2D eigenvalue weighted by Gasteiger charge is -1.74. The van der Waals surface area contributed by atoms with Crippen LogP contribution in [-0.2, 0) is 4.57 Å². The molecule has 0 aliphatic heterocycles. The van der Waals surface area contributed by atoms with E-state index in [9.17, 15) is 4.57 Å². The second kappa shape index (κ2) is 3.11. The van der Waals surface area contributed by atoms with Crippen molar-refractivity contribution in [2.24, 2.45) is 0 Å². The van der Waals surface area contributed by atoms with E-state index in [1.54, 1.807) is 0 Å². The molecule has 0 aromatic heterocycles. The molecule has 0 aliphatic carbocycles. The molecule has 0 aromatic carbocycles. The molecule has 0 atom stereocenters. The number of halogens is 3. The quantitative estimate of drug-likeness (QED) is 0.511. The predicted octanol–water partition coefficient (Wildman–Crippen LogP) is 2.33. The lowest BCUT2D eigenvalue weighted by molar-refractivity contribution is 0.600. The Morgan fingerprint density at radius 3 is 1.17 bits per heavy atom. The van der Waals surface area contributed by atoms with E-state index >= 15 is 0 Å². The fourth-order valence-electron chi connectivity index (χ4n) is 0. The van der Waals surface area contributed by atoms with Gasteiger partial charge in [-0.2, -0.15) is 0 Å². The van der Waals surface area contributed by atoms with Crippen molar-refractivity contribution < 1.29 is 4.57 Å². The number of hydrogen-bond acceptors (Lipinski definition) is 1. The first-order chi connectivity index (χ1) is 2.00. The molecule has 6 heteroatoms. The van der Waals surface area contributed by atoms with Crippen LogP contribution in [0.15, 0.2) is 0 Å². The summed E-state index contributed by atoms with van der Waals surface area (Å²) in [5, 5.41) is -3.22. The maximum Gasteiger partial charge on any atom is 0.339 e. The largest absolute Gasteiger partial charge is 0.339 e. The summed E-state index contributed by atoms with van der Waals surface area (Å²) in [4.78, 5) is 0. The van der Waals surface area contributed by atoms with Crippen molar-refractivity contribution in [3.63, 3.8) is 0 Å². The Labute approximate surface area is 50.1 Å². The van der Waals surface area contributed by atoms with Gasteiger partial charge >= 0.3 is 5.20 Å². The first-order valence-corrected chi connectivity index (χ1v) is 5.11. The SMILES string of the molecule is O=P(Cl)(Cl)Cl.[N]. The number of nitrogens with zero attached hydrogens (tertiary/aromatic N) is 1. The van der Waals surface area contributed by atoms with Gasteiger partial charge in [-0.3, -0.25) is 4.57 Å². The second-order valence-electron chi connectivity index (χ2n) is 0.399. The predicted molar refractivity (Wildman–Crippen MR) is 27.3 cm³/mol. The van der Waals surface area contributed by atoms with Gasteiger partial charge in [0, 0.05) is 6.15 Å². The van der Waals surface area contributed by atoms with Crippen LogP contribution in [-0.4, -0.2) is 0 Å². The van der Waals surface area contributed by atoms with Crippen molar-refractivity contribution in [2.75, 3.05) is 0 Å². The molecule has 0 heterocycles. The molecule has 0 rings (SSSR count). The summed E-state index contributed by atoms with van der Waals surface area (Å²) in [6.07, 6.45) is 0. The highest BCUT2D eigenvalue weighted by molar-refractivity contribution is 8.24. The molecular formula is Cl3NOP. The lowest BCUT2D eigenvalue weighted by atomic mass is 14.0. The lowest BCUT2D eigenvalue weighted by Crippen LogP contribution is -1.19. The van der Waals surface area contributed by atoms with E-state index in [0.717, 1.165) is 0 Å². The first-order valence-electron chi connectivity index (χ1n) is 0.690. The Kier molecular flexibility index (Phi) is 5.25. The Balaban J connectivity index is 0. The number of hydrogen-bond donors (Lipinski definition) is 0. The smallest absolute Gasteiger partial charge is 0.271 e. The summed E-state index contributed by atoms with van der Waals surface area (Å²) >= 11 is 13.8. The summed E-state index contributed by atoms with van der Waals surface area (Å²) in [6, 6.07) is 0. The zero-order valence-electron chi connectivity index (χ0n) is 2.44. The van der Waals surface area contributed by atoms with E-state index in [1.165, 1.54) is 0 Å². The van der Waals surface area contributed by atoms with Gasteiger partial charge in [0.15, 0.2) is 0 Å². The zero-order chi connectivity index (χ0) is 4.50. The van der Waals surface area contributed by atoms with Crippen LogP contribution >= 0.6 is 38.9 Å².